The van der Waals surface area contributed by atoms with Crippen LogP contribution in [-0.4, -0.2) is 32.4 Å². The van der Waals surface area contributed by atoms with Crippen LogP contribution in [0.4, 0.5) is 0 Å². The maximum Gasteiger partial charge on any atom is 0.281 e. The molecule has 3 aromatic rings. The molecule has 0 bridgehead atoms. The average molecular weight is 471 g/mol. The molecule has 3 aromatic carbocycles. The minimum atomic E-state index is -0.688. The first-order chi connectivity index (χ1) is 14.6. The van der Waals surface area contributed by atoms with Crippen molar-refractivity contribution in [3.63, 3.8) is 0 Å². The fraction of sp³-hybridized carbons (Fsp3) is 0.217. The Balaban J connectivity index is 1.72. The molecule has 7 heteroatoms. The molecule has 0 aliphatic heterocycles. The highest BCUT2D eigenvalue weighted by molar-refractivity contribution is 9.10. The van der Waals surface area contributed by atoms with E-state index in [1.54, 1.807) is 20.3 Å². The third kappa shape index (κ3) is 4.74. The second-order valence-corrected chi connectivity index (χ2v) is 7.22. The molecular formula is C23H23BrN2O4. The van der Waals surface area contributed by atoms with Crippen molar-refractivity contribution in [3.05, 3.63) is 64.6 Å². The first-order valence-electron chi connectivity index (χ1n) is 9.46. The zero-order valence-corrected chi connectivity index (χ0v) is 18.6. The van der Waals surface area contributed by atoms with Crippen molar-refractivity contribution >= 4 is 38.8 Å². The first-order valence-corrected chi connectivity index (χ1v) is 10.3. The minimum absolute atomic E-state index is 0.337. The Bertz CT molecular complexity index is 1070. The zero-order valence-electron chi connectivity index (χ0n) is 17.0. The van der Waals surface area contributed by atoms with Crippen LogP contribution in [0, 0.1) is 0 Å². The lowest BCUT2D eigenvalue weighted by Crippen LogP contribution is -2.35. The quantitative estimate of drug-likeness (QED) is 0.374. The molecule has 1 N–H and O–H groups in total. The molecule has 1 amide bonds. The molecule has 0 aliphatic carbocycles. The summed E-state index contributed by atoms with van der Waals surface area (Å²) in [6, 6.07) is 17.2. The van der Waals surface area contributed by atoms with Crippen molar-refractivity contribution in [2.75, 3.05) is 14.2 Å². The predicted octanol–water partition coefficient (Wildman–Crippen LogP) is 4.93. The number of hydrogen-bond acceptors (Lipinski definition) is 5. The van der Waals surface area contributed by atoms with Crippen LogP contribution in [0.2, 0.25) is 0 Å². The number of para-hydroxylation sites is 1. The van der Waals surface area contributed by atoms with Crippen molar-refractivity contribution in [2.45, 2.75) is 19.4 Å². The van der Waals surface area contributed by atoms with Crippen LogP contribution in [0.5, 0.6) is 17.2 Å². The van der Waals surface area contributed by atoms with E-state index in [0.29, 0.717) is 29.2 Å². The summed E-state index contributed by atoms with van der Waals surface area (Å²) in [5, 5.41) is 6.17. The number of carbonyl (C=O) groups excluding carboxylic acids is 1. The van der Waals surface area contributed by atoms with E-state index in [-0.39, 0.29) is 5.91 Å². The van der Waals surface area contributed by atoms with E-state index in [1.165, 1.54) is 6.21 Å². The SMILES string of the molecule is CC[C@@H](Oc1ccc2ccccc2c1Br)C(=O)N/N=C\c1cccc(OC)c1OC. The highest BCUT2D eigenvalue weighted by atomic mass is 79.9. The summed E-state index contributed by atoms with van der Waals surface area (Å²) in [5.74, 6) is 1.40. The van der Waals surface area contributed by atoms with Crippen molar-refractivity contribution in [2.24, 2.45) is 5.10 Å². The van der Waals surface area contributed by atoms with Crippen LogP contribution in [0.3, 0.4) is 0 Å². The molecule has 3 rings (SSSR count). The molecule has 0 unspecified atom stereocenters. The Morgan fingerprint density at radius 1 is 1.07 bits per heavy atom. The molecule has 156 valence electrons. The highest BCUT2D eigenvalue weighted by Gasteiger charge is 2.20. The summed E-state index contributed by atoms with van der Waals surface area (Å²) in [7, 11) is 3.12. The smallest absolute Gasteiger partial charge is 0.281 e. The Morgan fingerprint density at radius 2 is 1.87 bits per heavy atom. The maximum absolute atomic E-state index is 12.6. The Labute approximate surface area is 184 Å². The number of fused-ring (bicyclic) bond motifs is 1. The van der Waals surface area contributed by atoms with Crippen molar-refractivity contribution in [3.8, 4) is 17.2 Å². The van der Waals surface area contributed by atoms with Crippen LogP contribution < -0.4 is 19.6 Å². The summed E-state index contributed by atoms with van der Waals surface area (Å²) in [6.45, 7) is 1.88. The van der Waals surface area contributed by atoms with Crippen molar-refractivity contribution in [1.82, 2.24) is 5.43 Å². The lowest BCUT2D eigenvalue weighted by atomic mass is 10.1. The van der Waals surface area contributed by atoms with Gasteiger partial charge >= 0.3 is 0 Å². The third-order valence-corrected chi connectivity index (χ3v) is 5.39. The van der Waals surface area contributed by atoms with Gasteiger partial charge in [-0.05, 0) is 51.3 Å². The number of nitrogens with zero attached hydrogens (tertiary/aromatic N) is 1. The van der Waals surface area contributed by atoms with Crippen LogP contribution in [0.1, 0.15) is 18.9 Å². The average Bonchev–Trinajstić information content (AvgIpc) is 2.78. The van der Waals surface area contributed by atoms with Crippen LogP contribution in [-0.2, 0) is 4.79 Å². The Hall–Kier alpha value is -3.06. The second-order valence-electron chi connectivity index (χ2n) is 6.43. The molecule has 0 heterocycles. The number of hydrogen-bond donors (Lipinski definition) is 1. The third-order valence-electron chi connectivity index (χ3n) is 4.57. The number of nitrogens with one attached hydrogen (secondary N) is 1. The van der Waals surface area contributed by atoms with E-state index in [4.69, 9.17) is 14.2 Å². The first kappa shape index (κ1) is 21.6. The molecule has 0 spiro atoms. The molecule has 0 fully saturated rings. The Morgan fingerprint density at radius 3 is 2.60 bits per heavy atom. The van der Waals surface area contributed by atoms with Crippen LogP contribution in [0.15, 0.2) is 64.2 Å². The minimum Gasteiger partial charge on any atom is -0.493 e. The van der Waals surface area contributed by atoms with Gasteiger partial charge in [0.15, 0.2) is 17.6 Å². The number of rotatable bonds is 8. The number of amides is 1. The summed E-state index contributed by atoms with van der Waals surface area (Å²) >= 11 is 3.59. The number of ether oxygens (including phenoxy) is 3. The summed E-state index contributed by atoms with van der Waals surface area (Å²) in [5.41, 5.74) is 3.23. The number of methoxy groups -OCH3 is 2. The predicted molar refractivity (Wildman–Crippen MR) is 122 cm³/mol. The van der Waals surface area contributed by atoms with Gasteiger partial charge in [-0.15, -0.1) is 0 Å². The summed E-state index contributed by atoms with van der Waals surface area (Å²) in [6.07, 6.45) is 1.31. The van der Waals surface area contributed by atoms with E-state index in [2.05, 4.69) is 26.5 Å². The monoisotopic (exact) mass is 470 g/mol. The number of halogens is 1. The van der Waals surface area contributed by atoms with Crippen molar-refractivity contribution < 1.29 is 19.0 Å². The molecule has 30 heavy (non-hydrogen) atoms. The van der Waals surface area contributed by atoms with Crippen LogP contribution in [0.25, 0.3) is 10.8 Å². The fourth-order valence-corrected chi connectivity index (χ4v) is 3.62. The topological polar surface area (TPSA) is 69.2 Å². The van der Waals surface area contributed by atoms with Crippen LogP contribution >= 0.6 is 15.9 Å². The standard InChI is InChI=1S/C23H23BrN2O4/c1-4-18(30-19-13-12-15-8-5-6-10-17(15)21(19)24)23(27)26-25-14-16-9-7-11-20(28-2)22(16)29-3/h5-14,18H,4H2,1-3H3,(H,26,27)/b25-14-/t18-/m1/s1. The number of carbonyl (C=O) groups is 1. The normalized spacial score (nSPS) is 12.0. The van der Waals surface area contributed by atoms with Gasteiger partial charge in [0.1, 0.15) is 5.75 Å². The molecule has 1 atom stereocenters. The Kier molecular flexibility index (Phi) is 7.30. The second kappa shape index (κ2) is 10.1. The van der Waals surface area contributed by atoms with E-state index >= 15 is 0 Å². The summed E-state index contributed by atoms with van der Waals surface area (Å²) < 4.78 is 17.4. The lowest BCUT2D eigenvalue weighted by Gasteiger charge is -2.17. The lowest BCUT2D eigenvalue weighted by molar-refractivity contribution is -0.128. The molecule has 0 aromatic heterocycles. The van der Waals surface area contributed by atoms with Gasteiger partial charge in [-0.25, -0.2) is 5.43 Å². The molecular weight excluding hydrogens is 448 g/mol. The van der Waals surface area contributed by atoms with Gasteiger partial charge in [0.2, 0.25) is 0 Å². The maximum atomic E-state index is 12.6. The van der Waals surface area contributed by atoms with Gasteiger partial charge in [0.05, 0.1) is 24.9 Å². The van der Waals surface area contributed by atoms with Gasteiger partial charge in [-0.3, -0.25) is 4.79 Å². The molecule has 6 nitrogen and oxygen atoms in total. The van der Waals surface area contributed by atoms with Crippen molar-refractivity contribution in [1.29, 1.82) is 0 Å². The van der Waals surface area contributed by atoms with E-state index < -0.39 is 6.10 Å². The van der Waals surface area contributed by atoms with Gasteiger partial charge in [0.25, 0.3) is 5.91 Å². The zero-order chi connectivity index (χ0) is 21.5. The highest BCUT2D eigenvalue weighted by Crippen LogP contribution is 2.34. The van der Waals surface area contributed by atoms with Gasteiger partial charge in [-0.1, -0.05) is 43.3 Å². The van der Waals surface area contributed by atoms with E-state index in [1.807, 2.05) is 55.5 Å². The fourth-order valence-electron chi connectivity index (χ4n) is 3.03. The molecule has 0 saturated carbocycles. The summed E-state index contributed by atoms with van der Waals surface area (Å²) in [4.78, 5) is 12.6. The van der Waals surface area contributed by atoms with Gasteiger partial charge in [0, 0.05) is 5.56 Å². The molecule has 0 radical (unpaired) electrons. The van der Waals surface area contributed by atoms with Gasteiger partial charge in [-0.2, -0.15) is 5.10 Å². The number of benzene rings is 3. The molecule has 0 saturated heterocycles. The van der Waals surface area contributed by atoms with Gasteiger partial charge < -0.3 is 14.2 Å². The molecule has 0 aliphatic rings. The van der Waals surface area contributed by atoms with E-state index in [0.717, 1.165) is 15.2 Å². The number of hydrazone groups is 1. The van der Waals surface area contributed by atoms with E-state index in [9.17, 15) is 4.79 Å². The largest absolute Gasteiger partial charge is 0.493 e.